The molecule has 7 heteroatoms. The van der Waals surface area contributed by atoms with Crippen LogP contribution in [0.4, 0.5) is 0 Å². The lowest BCUT2D eigenvalue weighted by molar-refractivity contribution is -0.149. The van der Waals surface area contributed by atoms with Crippen LogP contribution in [-0.2, 0) is 19.1 Å². The van der Waals surface area contributed by atoms with Crippen LogP contribution in [0.3, 0.4) is 0 Å². The van der Waals surface area contributed by atoms with E-state index in [4.69, 9.17) is 21.7 Å². The summed E-state index contributed by atoms with van der Waals surface area (Å²) < 4.78 is 11.6. The Hall–Kier alpha value is -2.93. The molecule has 1 aromatic carbocycles. The summed E-state index contributed by atoms with van der Waals surface area (Å²) in [6.07, 6.45) is 4.65. The zero-order chi connectivity index (χ0) is 18.0. The molecule has 6 nitrogen and oxygen atoms in total. The van der Waals surface area contributed by atoms with Crippen LogP contribution < -0.4 is 10.6 Å². The fourth-order valence-corrected chi connectivity index (χ4v) is 2.56. The van der Waals surface area contributed by atoms with Gasteiger partial charge in [0, 0.05) is 25.5 Å². The van der Waals surface area contributed by atoms with Crippen LogP contribution in [0.1, 0.15) is 19.4 Å². The van der Waals surface area contributed by atoms with E-state index >= 15 is 0 Å². The summed E-state index contributed by atoms with van der Waals surface area (Å²) in [5, 5.41) is 4.76. The molecule has 3 rings (SSSR count). The average molecular weight is 356 g/mol. The fraction of sp³-hybridized carbons (Fsp3) is 0.167. The molecule has 0 radical (unpaired) electrons. The van der Waals surface area contributed by atoms with Crippen LogP contribution in [0.15, 0.2) is 59.9 Å². The molecule has 0 bridgehead atoms. The molecule has 1 fully saturated rings. The summed E-state index contributed by atoms with van der Waals surface area (Å²) >= 11 is 4.76. The SMILES string of the molecule is CC1(C)OC(c2ccccc2)=C/C(=C\C=C2C(=O)NC(=S)NC2=O)O1. The lowest BCUT2D eigenvalue weighted by Gasteiger charge is -2.33. The number of rotatable bonds is 2. The van der Waals surface area contributed by atoms with Crippen LogP contribution in [-0.4, -0.2) is 22.7 Å². The Morgan fingerprint density at radius 3 is 2.28 bits per heavy atom. The molecule has 2 amide bonds. The normalized spacial score (nSPS) is 20.9. The van der Waals surface area contributed by atoms with E-state index < -0.39 is 17.6 Å². The summed E-state index contributed by atoms with van der Waals surface area (Å²) in [7, 11) is 0. The maximum Gasteiger partial charge on any atom is 0.263 e. The van der Waals surface area contributed by atoms with Gasteiger partial charge in [0.15, 0.2) is 5.11 Å². The van der Waals surface area contributed by atoms with E-state index in [0.29, 0.717) is 11.5 Å². The van der Waals surface area contributed by atoms with Gasteiger partial charge in [-0.25, -0.2) is 0 Å². The van der Waals surface area contributed by atoms with Gasteiger partial charge in [0.05, 0.1) is 0 Å². The summed E-state index contributed by atoms with van der Waals surface area (Å²) in [6, 6.07) is 9.58. The van der Waals surface area contributed by atoms with Gasteiger partial charge in [-0.15, -0.1) is 0 Å². The minimum atomic E-state index is -0.886. The van der Waals surface area contributed by atoms with E-state index in [0.717, 1.165) is 5.56 Å². The first-order chi connectivity index (χ1) is 11.8. The van der Waals surface area contributed by atoms with Crippen molar-refractivity contribution in [3.05, 3.63) is 65.5 Å². The van der Waals surface area contributed by atoms with Crippen molar-refractivity contribution in [1.82, 2.24) is 10.6 Å². The van der Waals surface area contributed by atoms with Crippen LogP contribution in [0.25, 0.3) is 5.76 Å². The zero-order valence-corrected chi connectivity index (χ0v) is 14.5. The van der Waals surface area contributed by atoms with Crippen LogP contribution in [0.2, 0.25) is 0 Å². The third kappa shape index (κ3) is 3.95. The number of carbonyl (C=O) groups is 2. The zero-order valence-electron chi connectivity index (χ0n) is 13.7. The van der Waals surface area contributed by atoms with Crippen molar-refractivity contribution in [2.24, 2.45) is 0 Å². The topological polar surface area (TPSA) is 76.7 Å². The predicted molar refractivity (Wildman–Crippen MR) is 95.7 cm³/mol. The first kappa shape index (κ1) is 16.9. The molecule has 0 aliphatic carbocycles. The number of nitrogens with one attached hydrogen (secondary N) is 2. The maximum atomic E-state index is 11.9. The van der Waals surface area contributed by atoms with E-state index in [1.807, 2.05) is 30.3 Å². The highest BCUT2D eigenvalue weighted by Crippen LogP contribution is 2.32. The molecule has 2 aliphatic heterocycles. The number of carbonyl (C=O) groups excluding carboxylic acids is 2. The predicted octanol–water partition coefficient (Wildman–Crippen LogP) is 2.15. The molecule has 0 atom stereocenters. The van der Waals surface area contributed by atoms with Crippen molar-refractivity contribution < 1.29 is 19.1 Å². The van der Waals surface area contributed by atoms with E-state index in [9.17, 15) is 9.59 Å². The Labute approximate surface area is 150 Å². The van der Waals surface area contributed by atoms with Gasteiger partial charge in [0.25, 0.3) is 11.8 Å². The number of thiocarbonyl (C=S) groups is 1. The van der Waals surface area contributed by atoms with E-state index in [-0.39, 0.29) is 10.7 Å². The number of benzene rings is 1. The largest absolute Gasteiger partial charge is 0.453 e. The van der Waals surface area contributed by atoms with Crippen LogP contribution >= 0.6 is 12.2 Å². The molecule has 0 aromatic heterocycles. The Bertz CT molecular complexity index is 816. The molecule has 25 heavy (non-hydrogen) atoms. The average Bonchev–Trinajstić information content (AvgIpc) is 2.53. The van der Waals surface area contributed by atoms with Gasteiger partial charge in [0.2, 0.25) is 5.79 Å². The highest BCUT2D eigenvalue weighted by Gasteiger charge is 2.29. The molecular weight excluding hydrogens is 340 g/mol. The first-order valence-corrected chi connectivity index (χ1v) is 7.99. The van der Waals surface area contributed by atoms with Gasteiger partial charge in [-0.05, 0) is 24.4 Å². The lowest BCUT2D eigenvalue weighted by Crippen LogP contribution is -2.51. The smallest absolute Gasteiger partial charge is 0.263 e. The molecule has 1 saturated heterocycles. The number of hydrogen-bond donors (Lipinski definition) is 2. The molecule has 0 unspecified atom stereocenters. The second-order valence-corrected chi connectivity index (χ2v) is 6.27. The first-order valence-electron chi connectivity index (χ1n) is 7.58. The molecule has 2 heterocycles. The van der Waals surface area contributed by atoms with Crippen molar-refractivity contribution in [3.8, 4) is 0 Å². The summed E-state index contributed by atoms with van der Waals surface area (Å²) in [5.41, 5.74) is 0.847. The van der Waals surface area contributed by atoms with Crippen molar-refractivity contribution in [2.75, 3.05) is 0 Å². The van der Waals surface area contributed by atoms with Gasteiger partial charge in [0.1, 0.15) is 17.1 Å². The number of amides is 2. The fourth-order valence-electron chi connectivity index (χ4n) is 2.38. The molecule has 2 N–H and O–H groups in total. The molecule has 0 saturated carbocycles. The lowest BCUT2D eigenvalue weighted by atomic mass is 10.1. The highest BCUT2D eigenvalue weighted by atomic mass is 32.1. The third-order valence-electron chi connectivity index (χ3n) is 3.41. The van der Waals surface area contributed by atoms with E-state index in [1.165, 1.54) is 6.08 Å². The second kappa shape index (κ2) is 6.52. The van der Waals surface area contributed by atoms with Crippen LogP contribution in [0.5, 0.6) is 0 Å². The second-order valence-electron chi connectivity index (χ2n) is 5.87. The van der Waals surface area contributed by atoms with Crippen LogP contribution in [0, 0.1) is 0 Å². The Morgan fingerprint density at radius 2 is 1.64 bits per heavy atom. The Kier molecular flexibility index (Phi) is 4.41. The van der Waals surface area contributed by atoms with Gasteiger partial charge >= 0.3 is 0 Å². The molecule has 0 spiro atoms. The number of ether oxygens (including phenoxy) is 2. The Balaban J connectivity index is 1.93. The number of allylic oxidation sites excluding steroid dienone is 3. The van der Waals surface area contributed by atoms with E-state index in [1.54, 1.807) is 26.0 Å². The van der Waals surface area contributed by atoms with Crippen molar-refractivity contribution in [2.45, 2.75) is 19.6 Å². The van der Waals surface area contributed by atoms with Gasteiger partial charge in [-0.1, -0.05) is 30.3 Å². The van der Waals surface area contributed by atoms with Crippen molar-refractivity contribution in [3.63, 3.8) is 0 Å². The standard InChI is InChI=1S/C18H16N2O4S/c1-18(2)23-12(10-14(24-18)11-6-4-3-5-7-11)8-9-13-15(21)19-17(25)20-16(13)22/h3-10H,1-2H3,(H2,19,20,21,22,25)/b12-8+. The monoisotopic (exact) mass is 356 g/mol. The minimum Gasteiger partial charge on any atom is -0.453 e. The van der Waals surface area contributed by atoms with E-state index in [2.05, 4.69) is 10.6 Å². The molecule has 2 aliphatic rings. The van der Waals surface area contributed by atoms with Crippen molar-refractivity contribution in [1.29, 1.82) is 0 Å². The van der Waals surface area contributed by atoms with Crippen molar-refractivity contribution >= 4 is 34.9 Å². The third-order valence-corrected chi connectivity index (χ3v) is 3.61. The summed E-state index contributed by atoms with van der Waals surface area (Å²) in [6.45, 7) is 3.56. The van der Waals surface area contributed by atoms with Gasteiger partial charge in [-0.3, -0.25) is 20.2 Å². The summed E-state index contributed by atoms with van der Waals surface area (Å²) in [5.74, 6) is -0.881. The summed E-state index contributed by atoms with van der Waals surface area (Å²) in [4.78, 5) is 23.7. The Morgan fingerprint density at radius 1 is 1.00 bits per heavy atom. The quantitative estimate of drug-likeness (QED) is 0.482. The molecular formula is C18H16N2O4S. The molecule has 1 aromatic rings. The van der Waals surface area contributed by atoms with Gasteiger partial charge < -0.3 is 9.47 Å². The van der Waals surface area contributed by atoms with Gasteiger partial charge in [-0.2, -0.15) is 0 Å². The number of hydrogen-bond acceptors (Lipinski definition) is 5. The highest BCUT2D eigenvalue weighted by molar-refractivity contribution is 7.80. The molecule has 128 valence electrons. The minimum absolute atomic E-state index is 0.00508. The maximum absolute atomic E-state index is 11.9.